The molecular weight excluding hydrogens is 386 g/mol. The fourth-order valence-corrected chi connectivity index (χ4v) is 5.19. The monoisotopic (exact) mass is 436 g/mol. The lowest BCUT2D eigenvalue weighted by Gasteiger charge is -2.42. The zero-order valence-corrected chi connectivity index (χ0v) is 20.3. The number of nitrogens with two attached hydrogens (primary N) is 2. The molecule has 0 amide bonds. The minimum absolute atomic E-state index is 0.187. The van der Waals surface area contributed by atoms with Gasteiger partial charge in [0, 0.05) is 38.6 Å². The SMILES string of the molecule is CC(C)CCCCCCCCCC1(O)C=CC2N(CCCCCN=C(N)N)CCC[NH+]21. The van der Waals surface area contributed by atoms with Gasteiger partial charge in [-0.15, -0.1) is 0 Å². The fourth-order valence-electron chi connectivity index (χ4n) is 5.19. The molecule has 6 heteroatoms. The molecule has 0 bridgehead atoms. The van der Waals surface area contributed by atoms with Crippen molar-refractivity contribution in [1.29, 1.82) is 0 Å². The molecule has 0 aromatic rings. The highest BCUT2D eigenvalue weighted by Crippen LogP contribution is 2.21. The molecule has 2 aliphatic heterocycles. The molecule has 180 valence electrons. The van der Waals surface area contributed by atoms with Gasteiger partial charge in [0.05, 0.1) is 6.54 Å². The standard InChI is InChI=1S/C25H49N5O/c1-22(2)14-9-6-4-3-5-7-10-16-25(31)17-15-23-29(20-13-21-30(23)25)19-12-8-11-18-28-24(26)27/h15,17,22-23,31H,3-14,16,18-21H2,1-2H3,(H4,26,27,28)/p+1. The number of unbranched alkanes of at least 4 members (excludes halogenated alkanes) is 8. The summed E-state index contributed by atoms with van der Waals surface area (Å²) in [6, 6.07) is 0. The van der Waals surface area contributed by atoms with Crippen molar-refractivity contribution in [2.45, 2.75) is 109 Å². The van der Waals surface area contributed by atoms with Crippen LogP contribution in [0.2, 0.25) is 0 Å². The maximum absolute atomic E-state index is 11.3. The van der Waals surface area contributed by atoms with Crippen LogP contribution in [0.25, 0.3) is 0 Å². The van der Waals surface area contributed by atoms with Crippen LogP contribution in [-0.4, -0.2) is 54.0 Å². The van der Waals surface area contributed by atoms with Gasteiger partial charge >= 0.3 is 0 Å². The third kappa shape index (κ3) is 9.50. The van der Waals surface area contributed by atoms with Crippen LogP contribution in [0.4, 0.5) is 0 Å². The van der Waals surface area contributed by atoms with E-state index in [1.54, 1.807) is 0 Å². The molecule has 0 spiro atoms. The topological polar surface area (TPSA) is 92.3 Å². The fraction of sp³-hybridized carbons (Fsp3) is 0.880. The van der Waals surface area contributed by atoms with Crippen molar-refractivity contribution < 1.29 is 10.0 Å². The zero-order chi connectivity index (χ0) is 22.5. The van der Waals surface area contributed by atoms with Crippen molar-refractivity contribution >= 4 is 5.96 Å². The Morgan fingerprint density at radius 2 is 1.74 bits per heavy atom. The van der Waals surface area contributed by atoms with E-state index in [-0.39, 0.29) is 5.96 Å². The van der Waals surface area contributed by atoms with Crippen LogP contribution in [-0.2, 0) is 0 Å². The Morgan fingerprint density at radius 1 is 1.06 bits per heavy atom. The predicted octanol–water partition coefficient (Wildman–Crippen LogP) is 2.77. The summed E-state index contributed by atoms with van der Waals surface area (Å²) in [4.78, 5) is 7.97. The summed E-state index contributed by atoms with van der Waals surface area (Å²) in [5.74, 6) is 1.03. The van der Waals surface area contributed by atoms with Crippen LogP contribution >= 0.6 is 0 Å². The van der Waals surface area contributed by atoms with Gasteiger partial charge in [0.2, 0.25) is 5.72 Å². The first-order valence-corrected chi connectivity index (χ1v) is 13.0. The van der Waals surface area contributed by atoms with Gasteiger partial charge in [0.1, 0.15) is 0 Å². The number of quaternary nitrogens is 1. The molecule has 0 radical (unpaired) electrons. The maximum Gasteiger partial charge on any atom is 0.220 e. The molecule has 3 unspecified atom stereocenters. The van der Waals surface area contributed by atoms with Gasteiger partial charge in [-0.3, -0.25) is 14.8 Å². The van der Waals surface area contributed by atoms with Gasteiger partial charge in [-0.1, -0.05) is 65.2 Å². The molecule has 3 atom stereocenters. The molecular formula is C25H50N5O+. The lowest BCUT2D eigenvalue weighted by molar-refractivity contribution is -0.995. The van der Waals surface area contributed by atoms with E-state index in [9.17, 15) is 5.11 Å². The van der Waals surface area contributed by atoms with Crippen molar-refractivity contribution in [3.8, 4) is 0 Å². The minimum Gasteiger partial charge on any atom is -0.370 e. The van der Waals surface area contributed by atoms with Crippen molar-refractivity contribution in [2.24, 2.45) is 22.4 Å². The van der Waals surface area contributed by atoms with Gasteiger partial charge in [-0.25, -0.2) is 0 Å². The Balaban J connectivity index is 1.61. The number of hydrogen-bond donors (Lipinski definition) is 4. The molecule has 0 aliphatic carbocycles. The van der Waals surface area contributed by atoms with Gasteiger partial charge in [-0.05, 0) is 31.3 Å². The highest BCUT2D eigenvalue weighted by molar-refractivity contribution is 5.75. The summed E-state index contributed by atoms with van der Waals surface area (Å²) in [5.41, 5.74) is 10.1. The number of aliphatic hydroxyl groups is 1. The van der Waals surface area contributed by atoms with E-state index in [1.807, 2.05) is 0 Å². The van der Waals surface area contributed by atoms with E-state index >= 15 is 0 Å². The molecule has 0 saturated carbocycles. The molecule has 1 saturated heterocycles. The molecule has 0 aromatic carbocycles. The van der Waals surface area contributed by atoms with Crippen LogP contribution in [0.5, 0.6) is 0 Å². The number of fused-ring (bicyclic) bond motifs is 1. The van der Waals surface area contributed by atoms with Gasteiger partial charge in [-0.2, -0.15) is 0 Å². The first kappa shape index (κ1) is 26.1. The Hall–Kier alpha value is -1.11. The first-order chi connectivity index (χ1) is 14.9. The molecule has 31 heavy (non-hydrogen) atoms. The average Bonchev–Trinajstić information content (AvgIpc) is 3.06. The summed E-state index contributed by atoms with van der Waals surface area (Å²) < 4.78 is 0. The Kier molecular flexibility index (Phi) is 11.9. The quantitative estimate of drug-likeness (QED) is 0.130. The molecule has 2 aliphatic rings. The van der Waals surface area contributed by atoms with E-state index in [1.165, 1.54) is 56.3 Å². The third-order valence-corrected chi connectivity index (χ3v) is 6.99. The van der Waals surface area contributed by atoms with E-state index in [0.717, 1.165) is 64.2 Å². The van der Waals surface area contributed by atoms with Gasteiger partial charge in [0.15, 0.2) is 12.1 Å². The second-order valence-corrected chi connectivity index (χ2v) is 10.2. The lowest BCUT2D eigenvalue weighted by Crippen LogP contribution is -3.24. The molecule has 0 aromatic heterocycles. The van der Waals surface area contributed by atoms with Crippen molar-refractivity contribution in [3.05, 3.63) is 12.2 Å². The van der Waals surface area contributed by atoms with Crippen molar-refractivity contribution in [2.75, 3.05) is 26.2 Å². The summed E-state index contributed by atoms with van der Waals surface area (Å²) in [6.45, 7) is 8.65. The van der Waals surface area contributed by atoms with Gasteiger partial charge < -0.3 is 16.6 Å². The molecule has 2 heterocycles. The van der Waals surface area contributed by atoms with E-state index in [0.29, 0.717) is 6.17 Å². The smallest absolute Gasteiger partial charge is 0.220 e. The Bertz CT molecular complexity index is 546. The number of guanidine groups is 1. The van der Waals surface area contributed by atoms with Crippen LogP contribution in [0.1, 0.15) is 97.3 Å². The summed E-state index contributed by atoms with van der Waals surface area (Å²) >= 11 is 0. The molecule has 1 fully saturated rings. The Labute approximate surface area is 191 Å². The Morgan fingerprint density at radius 3 is 2.45 bits per heavy atom. The zero-order valence-electron chi connectivity index (χ0n) is 20.3. The number of nitrogens with one attached hydrogen (secondary N) is 1. The van der Waals surface area contributed by atoms with E-state index in [2.05, 4.69) is 35.9 Å². The third-order valence-electron chi connectivity index (χ3n) is 6.99. The largest absolute Gasteiger partial charge is 0.370 e. The second kappa shape index (κ2) is 14.1. The normalized spacial score (nSPS) is 25.8. The van der Waals surface area contributed by atoms with Crippen LogP contribution in [0, 0.1) is 5.92 Å². The van der Waals surface area contributed by atoms with Crippen molar-refractivity contribution in [1.82, 2.24) is 4.90 Å². The van der Waals surface area contributed by atoms with Crippen LogP contribution < -0.4 is 16.4 Å². The highest BCUT2D eigenvalue weighted by atomic mass is 16.3. The first-order valence-electron chi connectivity index (χ1n) is 13.0. The lowest BCUT2D eigenvalue weighted by atomic mass is 10.0. The van der Waals surface area contributed by atoms with E-state index in [4.69, 9.17) is 11.5 Å². The number of hydrogen-bond acceptors (Lipinski definition) is 3. The number of aliphatic imine (C=N–C) groups is 1. The predicted molar refractivity (Wildman–Crippen MR) is 131 cm³/mol. The van der Waals surface area contributed by atoms with Crippen LogP contribution in [0.3, 0.4) is 0 Å². The van der Waals surface area contributed by atoms with Crippen LogP contribution in [0.15, 0.2) is 17.1 Å². The van der Waals surface area contributed by atoms with Gasteiger partial charge in [0.25, 0.3) is 0 Å². The van der Waals surface area contributed by atoms with Crippen molar-refractivity contribution in [3.63, 3.8) is 0 Å². The molecule has 6 N–H and O–H groups in total. The highest BCUT2D eigenvalue weighted by Gasteiger charge is 2.48. The summed E-state index contributed by atoms with van der Waals surface area (Å²) in [7, 11) is 0. The van der Waals surface area contributed by atoms with E-state index < -0.39 is 5.72 Å². The maximum atomic E-state index is 11.3. The number of rotatable bonds is 16. The molecule has 2 rings (SSSR count). The second-order valence-electron chi connectivity index (χ2n) is 10.2. The number of nitrogens with zero attached hydrogens (tertiary/aromatic N) is 2. The summed E-state index contributed by atoms with van der Waals surface area (Å²) in [5, 5.41) is 11.3. The summed E-state index contributed by atoms with van der Waals surface area (Å²) in [6.07, 6.45) is 20.7. The average molecular weight is 437 g/mol. The minimum atomic E-state index is -0.659. The molecule has 6 nitrogen and oxygen atoms in total.